The Kier molecular flexibility index (Phi) is 11.1. The van der Waals surface area contributed by atoms with Gasteiger partial charge in [0.25, 0.3) is 0 Å². The molecule has 2 N–H and O–H groups in total. The van der Waals surface area contributed by atoms with Crippen molar-refractivity contribution in [1.29, 1.82) is 0 Å². The minimum absolute atomic E-state index is 0.184. The second kappa shape index (κ2) is 16.2. The van der Waals surface area contributed by atoms with Crippen LogP contribution in [0.3, 0.4) is 0 Å². The van der Waals surface area contributed by atoms with E-state index in [1.165, 1.54) is 28.4 Å². The minimum Gasteiger partial charge on any atom is -0.291 e. The third kappa shape index (κ3) is 8.47. The highest BCUT2D eigenvalue weighted by Gasteiger charge is 2.30. The fourth-order valence-corrected chi connectivity index (χ4v) is 8.03. The molecule has 0 radical (unpaired) electrons. The second-order valence-electron chi connectivity index (χ2n) is 12.0. The van der Waals surface area contributed by atoms with E-state index in [-0.39, 0.29) is 29.3 Å². The number of aromatic nitrogens is 4. The molecule has 4 aromatic carbocycles. The summed E-state index contributed by atoms with van der Waals surface area (Å²) in [5, 5.41) is 6.75. The van der Waals surface area contributed by atoms with E-state index in [4.69, 9.17) is 23.2 Å². The van der Waals surface area contributed by atoms with E-state index in [9.17, 15) is 18.0 Å². The normalized spacial score (nSPS) is 13.5. The first-order valence-electron chi connectivity index (χ1n) is 16.5. The average molecular weight is 798 g/mol. The first kappa shape index (κ1) is 36.8. The van der Waals surface area contributed by atoms with Gasteiger partial charge in [0.2, 0.25) is 15.0 Å². The molecular formula is C38H30Cl2N8O4S2. The first-order chi connectivity index (χ1) is 26.1. The molecule has 0 bridgehead atoms. The van der Waals surface area contributed by atoms with Crippen LogP contribution >= 0.6 is 35.0 Å². The van der Waals surface area contributed by atoms with Gasteiger partial charge < -0.3 is 0 Å². The number of carbonyl (C=O) groups is 2. The number of amides is 4. The van der Waals surface area contributed by atoms with E-state index in [0.717, 1.165) is 11.3 Å². The summed E-state index contributed by atoms with van der Waals surface area (Å²) in [6.07, 6.45) is 3.18. The van der Waals surface area contributed by atoms with Gasteiger partial charge in [0.15, 0.2) is 5.16 Å². The second-order valence-corrected chi connectivity index (χ2v) is 15.6. The summed E-state index contributed by atoms with van der Waals surface area (Å²) in [7, 11) is -3.74. The molecule has 4 heterocycles. The van der Waals surface area contributed by atoms with Crippen molar-refractivity contribution in [3.63, 3.8) is 0 Å². The molecule has 2 aromatic heterocycles. The van der Waals surface area contributed by atoms with Gasteiger partial charge in [-0.2, -0.15) is 0 Å². The summed E-state index contributed by atoms with van der Waals surface area (Å²) in [4.78, 5) is 45.1. The number of para-hydroxylation sites is 2. The van der Waals surface area contributed by atoms with Crippen molar-refractivity contribution >= 4 is 79.9 Å². The van der Waals surface area contributed by atoms with Gasteiger partial charge in [-0.3, -0.25) is 20.4 Å². The highest BCUT2D eigenvalue weighted by atomic mass is 35.5. The van der Waals surface area contributed by atoms with E-state index in [0.29, 0.717) is 50.1 Å². The highest BCUT2D eigenvalue weighted by molar-refractivity contribution is 7.98. The third-order valence-electron chi connectivity index (χ3n) is 8.26. The van der Waals surface area contributed by atoms with Gasteiger partial charge in [0.05, 0.1) is 40.3 Å². The number of fused-ring (bicyclic) bond motifs is 2. The van der Waals surface area contributed by atoms with Crippen LogP contribution in [0.5, 0.6) is 0 Å². The maximum atomic E-state index is 12.6. The van der Waals surface area contributed by atoms with Crippen molar-refractivity contribution in [2.45, 2.75) is 34.9 Å². The van der Waals surface area contributed by atoms with Gasteiger partial charge in [-0.1, -0.05) is 120 Å². The number of thioether (sulfide) groups is 1. The number of halogens is 2. The Morgan fingerprint density at radius 2 is 1.11 bits per heavy atom. The molecule has 0 spiro atoms. The van der Waals surface area contributed by atoms with Crippen molar-refractivity contribution in [1.82, 2.24) is 19.9 Å². The average Bonchev–Trinajstić information content (AvgIpc) is 3.18. The van der Waals surface area contributed by atoms with E-state index >= 15 is 0 Å². The Balaban J connectivity index is 0.000000167. The zero-order chi connectivity index (χ0) is 37.7. The monoisotopic (exact) mass is 796 g/mol. The third-order valence-corrected chi connectivity index (χ3v) is 11.3. The Morgan fingerprint density at radius 1 is 0.630 bits per heavy atom. The molecule has 0 fully saturated rings. The van der Waals surface area contributed by atoms with Crippen LogP contribution in [0.1, 0.15) is 22.3 Å². The molecule has 6 aromatic rings. The van der Waals surface area contributed by atoms with Gasteiger partial charge in [0, 0.05) is 29.3 Å². The van der Waals surface area contributed by atoms with Crippen LogP contribution in [0.4, 0.5) is 32.6 Å². The van der Waals surface area contributed by atoms with E-state index in [1.807, 2.05) is 42.5 Å². The van der Waals surface area contributed by atoms with Gasteiger partial charge in [0.1, 0.15) is 11.6 Å². The number of urea groups is 2. The van der Waals surface area contributed by atoms with Gasteiger partial charge >= 0.3 is 12.1 Å². The fraction of sp³-hybridized carbons (Fsp3) is 0.105. The van der Waals surface area contributed by atoms with Crippen LogP contribution in [0, 0.1) is 0 Å². The minimum atomic E-state index is -3.74. The van der Waals surface area contributed by atoms with Crippen LogP contribution in [0.25, 0.3) is 0 Å². The summed E-state index contributed by atoms with van der Waals surface area (Å²) in [6.45, 7) is 0.568. The van der Waals surface area contributed by atoms with Gasteiger partial charge in [-0.05, 0) is 35.4 Å². The number of carbonyl (C=O) groups excluding carboxylic acids is 2. The molecule has 16 heteroatoms. The number of nitrogens with one attached hydrogen (secondary N) is 2. The summed E-state index contributed by atoms with van der Waals surface area (Å²) in [5.41, 5.74) is 4.50. The predicted octanol–water partition coefficient (Wildman–Crippen LogP) is 8.63. The van der Waals surface area contributed by atoms with Crippen molar-refractivity contribution < 1.29 is 18.0 Å². The van der Waals surface area contributed by atoms with E-state index < -0.39 is 15.9 Å². The number of hydrogen-bond donors (Lipinski definition) is 2. The van der Waals surface area contributed by atoms with Gasteiger partial charge in [-0.15, -0.1) is 0 Å². The Bertz CT molecular complexity index is 2440. The highest BCUT2D eigenvalue weighted by Crippen LogP contribution is 2.33. The lowest BCUT2D eigenvalue weighted by molar-refractivity contribution is 0.255. The molecular weight excluding hydrogens is 768 g/mol. The van der Waals surface area contributed by atoms with Crippen LogP contribution < -0.4 is 20.4 Å². The summed E-state index contributed by atoms with van der Waals surface area (Å²) in [5.74, 6) is 1.31. The first-order valence-corrected chi connectivity index (χ1v) is 19.9. The molecule has 0 aliphatic carbocycles. The molecule has 0 unspecified atom stereocenters. The lowest BCUT2D eigenvalue weighted by Crippen LogP contribution is -2.39. The molecule has 0 atom stereocenters. The van der Waals surface area contributed by atoms with Crippen molar-refractivity contribution in [2.24, 2.45) is 0 Å². The Labute approximate surface area is 325 Å². The number of rotatable bonds is 8. The molecule has 2 aliphatic heterocycles. The van der Waals surface area contributed by atoms with Crippen LogP contribution in [-0.2, 0) is 34.4 Å². The summed E-state index contributed by atoms with van der Waals surface area (Å²) >= 11 is 13.9. The molecule has 12 nitrogen and oxygen atoms in total. The Hall–Kier alpha value is -5.54. The van der Waals surface area contributed by atoms with Gasteiger partial charge in [-0.25, -0.2) is 37.9 Å². The summed E-state index contributed by atoms with van der Waals surface area (Å²) < 4.78 is 25.3. The summed E-state index contributed by atoms with van der Waals surface area (Å²) in [6, 6.07) is 32.5. The van der Waals surface area contributed by atoms with E-state index in [2.05, 4.69) is 42.7 Å². The van der Waals surface area contributed by atoms with Crippen molar-refractivity contribution in [3.8, 4) is 0 Å². The van der Waals surface area contributed by atoms with Crippen LogP contribution in [-0.4, -0.2) is 40.4 Å². The van der Waals surface area contributed by atoms with Crippen molar-refractivity contribution in [2.75, 3.05) is 20.4 Å². The predicted molar refractivity (Wildman–Crippen MR) is 211 cm³/mol. The Morgan fingerprint density at radius 3 is 1.67 bits per heavy atom. The van der Waals surface area contributed by atoms with Crippen LogP contribution in [0.2, 0.25) is 10.0 Å². The maximum absolute atomic E-state index is 12.6. The smallest absolute Gasteiger partial charge is 0.291 e. The number of benzene rings is 4. The number of nitrogens with zero attached hydrogens (tertiary/aromatic N) is 6. The zero-order valence-electron chi connectivity index (χ0n) is 28.3. The molecule has 0 saturated carbocycles. The zero-order valence-corrected chi connectivity index (χ0v) is 31.4. The molecule has 4 amide bonds. The molecule has 272 valence electrons. The van der Waals surface area contributed by atoms with Crippen LogP contribution in [0.15, 0.2) is 132 Å². The quantitative estimate of drug-likeness (QED) is 0.114. The lowest BCUT2D eigenvalue weighted by Gasteiger charge is -2.29. The number of sulfone groups is 1. The SMILES string of the molecule is O=C1Nc2nc(S(=O)(=O)Cc3ccccc3)ncc2CN1c1ccccc1Cl.O=C1Nc2nc(SCc3ccccc3)ncc2CN1c1ccccc1Cl. The fourth-order valence-electron chi connectivity index (χ4n) is 5.58. The molecule has 54 heavy (non-hydrogen) atoms. The largest absolute Gasteiger partial charge is 0.327 e. The molecule has 0 saturated heterocycles. The number of hydrogen-bond acceptors (Lipinski definition) is 9. The lowest BCUT2D eigenvalue weighted by atomic mass is 10.2. The standard InChI is InChI=1S/C19H15ClN4O3S.C19H15ClN4OS/c20-15-8-4-5-9-16(15)24-11-14-10-21-18(22-17(14)23-19(24)25)28(26,27)12-13-6-2-1-3-7-13;20-15-8-4-5-9-16(15)24-11-14-10-21-18(22-17(14)23-19(24)25)26-12-13-6-2-1-3-7-13/h1-10H,11-12H2,(H,21,22,23,25);1-10H,11-12H2,(H,21,22,23,25). The van der Waals surface area contributed by atoms with Crippen molar-refractivity contribution in [3.05, 3.63) is 154 Å². The maximum Gasteiger partial charge on any atom is 0.327 e. The number of anilines is 4. The molecule has 2 aliphatic rings. The van der Waals surface area contributed by atoms with E-state index in [1.54, 1.807) is 65.7 Å². The molecule has 8 rings (SSSR count). The topological polar surface area (TPSA) is 150 Å².